The van der Waals surface area contributed by atoms with Gasteiger partial charge in [-0.25, -0.2) is 0 Å². The molecule has 0 saturated carbocycles. The maximum absolute atomic E-state index is 10.8. The Morgan fingerprint density at radius 1 is 1.61 bits per heavy atom. The third-order valence-electron chi connectivity index (χ3n) is 3.18. The minimum Gasteiger partial charge on any atom is -0.389 e. The van der Waals surface area contributed by atoms with Crippen LogP contribution in [-0.4, -0.2) is 33.6 Å². The van der Waals surface area contributed by atoms with Crippen LogP contribution in [0, 0.1) is 10.1 Å². The minimum atomic E-state index is -0.646. The predicted molar refractivity (Wildman–Crippen MR) is 71.3 cm³/mol. The fourth-order valence-electron chi connectivity index (χ4n) is 2.24. The molecule has 6 heteroatoms. The monoisotopic (exact) mass is 314 g/mol. The minimum absolute atomic E-state index is 0.0819. The first-order valence-electron chi connectivity index (χ1n) is 5.75. The summed E-state index contributed by atoms with van der Waals surface area (Å²) in [7, 11) is 0. The molecule has 1 aliphatic heterocycles. The standard InChI is InChI=1S/C12H15BrN2O3/c1-12(16)5-6-14(8-12)7-9-3-2-4-10(11(9)13)15(17)18/h2-4,16H,5-8H2,1H3. The highest BCUT2D eigenvalue weighted by atomic mass is 79.9. The second-order valence-electron chi connectivity index (χ2n) is 4.96. The number of aliphatic hydroxyl groups is 1. The van der Waals surface area contributed by atoms with Crippen LogP contribution in [0.1, 0.15) is 18.9 Å². The molecule has 98 valence electrons. The van der Waals surface area contributed by atoms with Gasteiger partial charge < -0.3 is 5.11 Å². The van der Waals surface area contributed by atoms with Gasteiger partial charge in [0.25, 0.3) is 5.69 Å². The van der Waals surface area contributed by atoms with E-state index in [1.165, 1.54) is 6.07 Å². The molecular formula is C12H15BrN2O3. The first-order chi connectivity index (χ1) is 8.39. The maximum Gasteiger partial charge on any atom is 0.283 e. The van der Waals surface area contributed by atoms with Crippen molar-refractivity contribution in [3.05, 3.63) is 38.3 Å². The second-order valence-corrected chi connectivity index (χ2v) is 5.76. The van der Waals surface area contributed by atoms with Crippen molar-refractivity contribution in [3.8, 4) is 0 Å². The molecule has 18 heavy (non-hydrogen) atoms. The molecule has 1 heterocycles. The predicted octanol–water partition coefficient (Wildman–Crippen LogP) is 2.31. The molecule has 1 fully saturated rings. The molecule has 1 atom stereocenters. The van der Waals surface area contributed by atoms with Gasteiger partial charge in [-0.05, 0) is 34.8 Å². The van der Waals surface area contributed by atoms with Crippen LogP contribution in [0.4, 0.5) is 5.69 Å². The van der Waals surface area contributed by atoms with Crippen molar-refractivity contribution in [3.63, 3.8) is 0 Å². The zero-order valence-corrected chi connectivity index (χ0v) is 11.7. The average molecular weight is 315 g/mol. The van der Waals surface area contributed by atoms with Crippen molar-refractivity contribution in [2.24, 2.45) is 0 Å². The molecule has 0 aliphatic carbocycles. The van der Waals surface area contributed by atoms with Gasteiger partial charge in [-0.3, -0.25) is 15.0 Å². The number of benzene rings is 1. The first-order valence-corrected chi connectivity index (χ1v) is 6.55. The molecule has 0 aromatic heterocycles. The van der Waals surface area contributed by atoms with Gasteiger partial charge in [0.1, 0.15) is 0 Å². The highest BCUT2D eigenvalue weighted by Gasteiger charge is 2.31. The summed E-state index contributed by atoms with van der Waals surface area (Å²) < 4.78 is 0.529. The van der Waals surface area contributed by atoms with E-state index in [4.69, 9.17) is 0 Å². The van der Waals surface area contributed by atoms with E-state index >= 15 is 0 Å². The van der Waals surface area contributed by atoms with E-state index in [0.717, 1.165) is 18.5 Å². The Balaban J connectivity index is 2.15. The van der Waals surface area contributed by atoms with E-state index in [9.17, 15) is 15.2 Å². The van der Waals surface area contributed by atoms with Gasteiger partial charge >= 0.3 is 0 Å². The molecule has 1 aromatic carbocycles. The summed E-state index contributed by atoms with van der Waals surface area (Å²) in [5.41, 5.74) is 0.313. The van der Waals surface area contributed by atoms with E-state index in [2.05, 4.69) is 20.8 Å². The Morgan fingerprint density at radius 2 is 2.33 bits per heavy atom. The number of nitrogens with zero attached hydrogens (tertiary/aromatic N) is 2. The molecule has 0 amide bonds. The van der Waals surface area contributed by atoms with Gasteiger partial charge in [0.15, 0.2) is 0 Å². The maximum atomic E-state index is 10.8. The third kappa shape index (κ3) is 2.88. The van der Waals surface area contributed by atoms with E-state index in [0.29, 0.717) is 17.6 Å². The zero-order chi connectivity index (χ0) is 13.3. The molecule has 1 aromatic rings. The highest BCUT2D eigenvalue weighted by molar-refractivity contribution is 9.10. The molecule has 1 saturated heterocycles. The van der Waals surface area contributed by atoms with Crippen LogP contribution < -0.4 is 0 Å². The molecule has 1 N–H and O–H groups in total. The van der Waals surface area contributed by atoms with Crippen molar-refractivity contribution < 1.29 is 10.0 Å². The summed E-state index contributed by atoms with van der Waals surface area (Å²) in [6.07, 6.45) is 0.736. The van der Waals surface area contributed by atoms with Crippen LogP contribution in [0.2, 0.25) is 0 Å². The Labute approximate surface area is 114 Å². The van der Waals surface area contributed by atoms with E-state index < -0.39 is 10.5 Å². The SMILES string of the molecule is CC1(O)CCN(Cc2cccc([N+](=O)[O-])c2Br)C1. The van der Waals surface area contributed by atoms with Crippen LogP contribution in [0.25, 0.3) is 0 Å². The number of nitro groups is 1. The largest absolute Gasteiger partial charge is 0.389 e. The fraction of sp³-hybridized carbons (Fsp3) is 0.500. The van der Waals surface area contributed by atoms with Gasteiger partial charge in [0.2, 0.25) is 0 Å². The lowest BCUT2D eigenvalue weighted by Gasteiger charge is -2.19. The quantitative estimate of drug-likeness (QED) is 0.686. The third-order valence-corrected chi connectivity index (χ3v) is 4.10. The van der Waals surface area contributed by atoms with E-state index in [1.54, 1.807) is 6.07 Å². The van der Waals surface area contributed by atoms with Gasteiger partial charge in [-0.2, -0.15) is 0 Å². The zero-order valence-electron chi connectivity index (χ0n) is 10.1. The molecule has 1 unspecified atom stereocenters. The van der Waals surface area contributed by atoms with Gasteiger partial charge in [0, 0.05) is 25.7 Å². The number of hydrogen-bond donors (Lipinski definition) is 1. The Bertz CT molecular complexity index is 476. The summed E-state index contributed by atoms with van der Waals surface area (Å²) in [4.78, 5) is 12.5. The Kier molecular flexibility index (Phi) is 3.70. The van der Waals surface area contributed by atoms with Gasteiger partial charge in [0.05, 0.1) is 15.0 Å². The number of likely N-dealkylation sites (tertiary alicyclic amines) is 1. The van der Waals surface area contributed by atoms with Crippen LogP contribution >= 0.6 is 15.9 Å². The highest BCUT2D eigenvalue weighted by Crippen LogP contribution is 2.30. The summed E-state index contributed by atoms with van der Waals surface area (Å²) >= 11 is 3.29. The molecule has 5 nitrogen and oxygen atoms in total. The first kappa shape index (κ1) is 13.5. The van der Waals surface area contributed by atoms with Gasteiger partial charge in [-0.15, -0.1) is 0 Å². The van der Waals surface area contributed by atoms with Gasteiger partial charge in [-0.1, -0.05) is 12.1 Å². The lowest BCUT2D eigenvalue weighted by molar-refractivity contribution is -0.385. The lowest BCUT2D eigenvalue weighted by Crippen LogP contribution is -2.29. The Hall–Kier alpha value is -0.980. The van der Waals surface area contributed by atoms with Crippen LogP contribution in [-0.2, 0) is 6.54 Å². The number of rotatable bonds is 3. The lowest BCUT2D eigenvalue weighted by atomic mass is 10.1. The molecule has 0 spiro atoms. The number of halogens is 1. The van der Waals surface area contributed by atoms with E-state index in [1.807, 2.05) is 13.0 Å². The van der Waals surface area contributed by atoms with Crippen molar-refractivity contribution in [1.82, 2.24) is 4.90 Å². The topological polar surface area (TPSA) is 66.6 Å². The van der Waals surface area contributed by atoms with Crippen molar-refractivity contribution in [2.45, 2.75) is 25.5 Å². The number of hydrogen-bond acceptors (Lipinski definition) is 4. The molecular weight excluding hydrogens is 300 g/mol. The second kappa shape index (κ2) is 4.95. The van der Waals surface area contributed by atoms with Crippen molar-refractivity contribution in [1.29, 1.82) is 0 Å². The summed E-state index contributed by atoms with van der Waals surface area (Å²) in [5, 5.41) is 20.7. The van der Waals surface area contributed by atoms with Crippen LogP contribution in [0.3, 0.4) is 0 Å². The van der Waals surface area contributed by atoms with Crippen molar-refractivity contribution >= 4 is 21.6 Å². The normalized spacial score (nSPS) is 24.4. The molecule has 0 bridgehead atoms. The van der Waals surface area contributed by atoms with E-state index in [-0.39, 0.29) is 5.69 Å². The average Bonchev–Trinajstić information content (AvgIpc) is 2.61. The molecule has 1 aliphatic rings. The number of β-amino-alcohol motifs (C(OH)–C–C–N with tert-alkyl or cyclic N) is 1. The molecule has 0 radical (unpaired) electrons. The summed E-state index contributed by atoms with van der Waals surface area (Å²) in [6.45, 7) is 3.83. The van der Waals surface area contributed by atoms with Crippen LogP contribution in [0.15, 0.2) is 22.7 Å². The van der Waals surface area contributed by atoms with Crippen LogP contribution in [0.5, 0.6) is 0 Å². The molecule has 2 rings (SSSR count). The Morgan fingerprint density at radius 3 is 2.89 bits per heavy atom. The summed E-state index contributed by atoms with van der Waals surface area (Å²) in [6, 6.07) is 5.03. The summed E-state index contributed by atoms with van der Waals surface area (Å²) in [5.74, 6) is 0. The number of nitro benzene ring substituents is 1. The smallest absolute Gasteiger partial charge is 0.283 e. The van der Waals surface area contributed by atoms with Crippen molar-refractivity contribution in [2.75, 3.05) is 13.1 Å². The fourth-order valence-corrected chi connectivity index (χ4v) is 2.78.